The summed E-state index contributed by atoms with van der Waals surface area (Å²) in [6, 6.07) is 8.42. The summed E-state index contributed by atoms with van der Waals surface area (Å²) in [4.78, 5) is 30.0. The molecule has 0 atom stereocenters. The van der Waals surface area contributed by atoms with E-state index < -0.39 is 5.69 Å². The second kappa shape index (κ2) is 7.55. The first kappa shape index (κ1) is 18.8. The van der Waals surface area contributed by atoms with E-state index in [1.807, 2.05) is 18.2 Å². The molecule has 5 rings (SSSR count). The Hall–Kier alpha value is -3.22. The van der Waals surface area contributed by atoms with Crippen molar-refractivity contribution in [3.63, 3.8) is 0 Å². The molecular weight excluding hydrogens is 499 g/mol. The third-order valence-corrected chi connectivity index (χ3v) is 5.27. The van der Waals surface area contributed by atoms with E-state index >= 15 is 0 Å². The highest BCUT2D eigenvalue weighted by atomic mass is 127. The molecule has 4 aromatic rings. The highest BCUT2D eigenvalue weighted by Gasteiger charge is 2.21. The van der Waals surface area contributed by atoms with Crippen LogP contribution in [-0.4, -0.2) is 40.7 Å². The standard InChI is InChI=1S/C19H17IN8O2/c20-12-3-1-2-10(6-12)8-21-17-25-15-11(7-14-16(29)26-19(30)24-14)9-22-28(15)18(27-17)23-13-4-5-13/h1-3,6-7,9,13,29H,4-5,8H2,(H,21,23,27)(H2,24,26,30)/b11-7+. The number of halogens is 1. The number of fused-ring (bicyclic) bond motifs is 1. The number of nitrogens with one attached hydrogen (secondary N) is 3. The molecule has 10 nitrogen and oxygen atoms in total. The number of imidazole rings is 1. The Kier molecular flexibility index (Phi) is 4.73. The topological polar surface area (TPSA) is 136 Å². The smallest absolute Gasteiger partial charge is 0.326 e. The van der Waals surface area contributed by atoms with Gasteiger partial charge in [-0.1, -0.05) is 12.1 Å². The molecule has 3 heterocycles. The molecule has 0 spiro atoms. The van der Waals surface area contributed by atoms with E-state index in [-0.39, 0.29) is 17.6 Å². The van der Waals surface area contributed by atoms with Gasteiger partial charge in [-0.15, -0.1) is 0 Å². The molecule has 0 radical (unpaired) electrons. The van der Waals surface area contributed by atoms with Gasteiger partial charge in [0, 0.05) is 15.3 Å². The fraction of sp³-hybridized carbons (Fsp3) is 0.211. The number of H-pyrrole nitrogens is 2. The summed E-state index contributed by atoms with van der Waals surface area (Å²) < 4.78 is 2.73. The summed E-state index contributed by atoms with van der Waals surface area (Å²) in [7, 11) is 0. The zero-order valence-electron chi connectivity index (χ0n) is 15.6. The van der Waals surface area contributed by atoms with E-state index in [9.17, 15) is 9.90 Å². The first-order chi connectivity index (χ1) is 14.5. The number of rotatable bonds is 5. The molecule has 0 aliphatic heterocycles. The minimum absolute atomic E-state index is 0.242. The molecule has 4 N–H and O–H groups in total. The Bertz CT molecular complexity index is 1420. The van der Waals surface area contributed by atoms with Crippen molar-refractivity contribution in [2.45, 2.75) is 25.4 Å². The van der Waals surface area contributed by atoms with Crippen LogP contribution in [0.15, 0.2) is 40.2 Å². The fourth-order valence-electron chi connectivity index (χ4n) is 2.99. The number of hydrogen-bond acceptors (Lipinski definition) is 7. The van der Waals surface area contributed by atoms with E-state index in [1.165, 1.54) is 0 Å². The Morgan fingerprint density at radius 3 is 2.93 bits per heavy atom. The lowest BCUT2D eigenvalue weighted by Gasteiger charge is -2.06. The molecule has 0 bridgehead atoms. The molecule has 1 aliphatic carbocycles. The van der Waals surface area contributed by atoms with Crippen molar-refractivity contribution in [2.24, 2.45) is 4.99 Å². The number of nitrogens with zero attached hydrogens (tertiary/aromatic N) is 5. The van der Waals surface area contributed by atoms with Crippen LogP contribution in [0.4, 0.5) is 5.95 Å². The molecule has 0 unspecified atom stereocenters. The van der Waals surface area contributed by atoms with Crippen molar-refractivity contribution < 1.29 is 5.11 Å². The van der Waals surface area contributed by atoms with Crippen molar-refractivity contribution in [3.8, 4) is 5.88 Å². The molecule has 1 fully saturated rings. The first-order valence-electron chi connectivity index (χ1n) is 9.36. The Balaban J connectivity index is 1.59. The lowest BCUT2D eigenvalue weighted by atomic mass is 10.2. The van der Waals surface area contributed by atoms with Gasteiger partial charge in [-0.3, -0.25) is 4.98 Å². The summed E-state index contributed by atoms with van der Waals surface area (Å²) >= 11 is 2.28. The van der Waals surface area contributed by atoms with Crippen LogP contribution < -0.4 is 21.8 Å². The number of aromatic hydroxyl groups is 1. The average molecular weight is 516 g/mol. The van der Waals surface area contributed by atoms with E-state index in [4.69, 9.17) is 0 Å². The second-order valence-corrected chi connectivity index (χ2v) is 8.26. The lowest BCUT2D eigenvalue weighted by molar-refractivity contribution is 0.454. The molecule has 1 aliphatic rings. The maximum atomic E-state index is 11.4. The fourth-order valence-corrected chi connectivity index (χ4v) is 3.59. The van der Waals surface area contributed by atoms with Gasteiger partial charge in [0.15, 0.2) is 5.65 Å². The normalized spacial score (nSPS) is 15.2. The van der Waals surface area contributed by atoms with Gasteiger partial charge in [0.25, 0.3) is 5.62 Å². The predicted octanol–water partition coefficient (Wildman–Crippen LogP) is 0.674. The van der Waals surface area contributed by atoms with Crippen LogP contribution in [0.3, 0.4) is 0 Å². The van der Waals surface area contributed by atoms with Crippen molar-refractivity contribution in [1.82, 2.24) is 29.5 Å². The van der Waals surface area contributed by atoms with Crippen LogP contribution in [0.1, 0.15) is 24.1 Å². The van der Waals surface area contributed by atoms with Crippen LogP contribution in [0, 0.1) is 3.57 Å². The maximum absolute atomic E-state index is 11.4. The van der Waals surface area contributed by atoms with E-state index in [1.54, 1.807) is 16.8 Å². The minimum Gasteiger partial charge on any atom is -0.493 e. The summed E-state index contributed by atoms with van der Waals surface area (Å²) in [6.45, 7) is 0.564. The van der Waals surface area contributed by atoms with Gasteiger partial charge in [0.2, 0.25) is 11.8 Å². The number of aromatic amines is 2. The van der Waals surface area contributed by atoms with Gasteiger partial charge >= 0.3 is 5.69 Å². The molecule has 1 saturated carbocycles. The van der Waals surface area contributed by atoms with Crippen LogP contribution in [0.25, 0.3) is 11.7 Å². The highest BCUT2D eigenvalue weighted by Crippen LogP contribution is 2.22. The van der Waals surface area contributed by atoms with Gasteiger partial charge in [0.05, 0.1) is 12.2 Å². The Morgan fingerprint density at radius 2 is 2.20 bits per heavy atom. The molecule has 152 valence electrons. The number of aromatic nitrogens is 6. The molecule has 1 aromatic carbocycles. The minimum atomic E-state index is -0.492. The van der Waals surface area contributed by atoms with Crippen LogP contribution in [0.5, 0.6) is 5.88 Å². The maximum Gasteiger partial charge on any atom is 0.326 e. The third kappa shape index (κ3) is 3.92. The summed E-state index contributed by atoms with van der Waals surface area (Å²) in [6.07, 6.45) is 5.28. The molecule has 3 aromatic heterocycles. The van der Waals surface area contributed by atoms with Crippen molar-refractivity contribution >= 4 is 40.3 Å². The molecule has 30 heavy (non-hydrogen) atoms. The zero-order valence-corrected chi connectivity index (χ0v) is 17.8. The van der Waals surface area contributed by atoms with Gasteiger partial charge in [-0.2, -0.15) is 19.6 Å². The number of benzene rings is 1. The molecule has 11 heteroatoms. The van der Waals surface area contributed by atoms with Crippen molar-refractivity contribution in [1.29, 1.82) is 0 Å². The summed E-state index contributed by atoms with van der Waals surface area (Å²) in [5.41, 5.74) is 1.87. The van der Waals surface area contributed by atoms with Crippen molar-refractivity contribution in [3.05, 3.63) is 66.6 Å². The van der Waals surface area contributed by atoms with Crippen molar-refractivity contribution in [2.75, 3.05) is 5.32 Å². The number of anilines is 1. The Labute approximate surface area is 183 Å². The molecule has 0 saturated heterocycles. The summed E-state index contributed by atoms with van der Waals surface area (Å²) in [5, 5.41) is 18.1. The second-order valence-electron chi connectivity index (χ2n) is 7.01. The highest BCUT2D eigenvalue weighted by molar-refractivity contribution is 14.1. The van der Waals surface area contributed by atoms with Gasteiger partial charge < -0.3 is 15.4 Å². The largest absolute Gasteiger partial charge is 0.493 e. The zero-order chi connectivity index (χ0) is 20.7. The molecular formula is C19H17IN8O2. The predicted molar refractivity (Wildman–Crippen MR) is 118 cm³/mol. The van der Waals surface area contributed by atoms with Crippen LogP contribution >= 0.6 is 22.6 Å². The van der Waals surface area contributed by atoms with E-state index in [0.29, 0.717) is 29.0 Å². The lowest BCUT2D eigenvalue weighted by Crippen LogP contribution is -2.24. The SMILES string of the molecule is O=c1[nH]c(O)c(/C=c2\cnn3c(=NC4CC4)nc(NCc4cccc(I)c4)nc23)[nH]1. The van der Waals surface area contributed by atoms with E-state index in [2.05, 4.69) is 64.0 Å². The number of hydrogen-bond donors (Lipinski definition) is 4. The quantitative estimate of drug-likeness (QED) is 0.288. The average Bonchev–Trinajstić information content (AvgIpc) is 3.35. The van der Waals surface area contributed by atoms with Gasteiger partial charge in [-0.25, -0.2) is 9.79 Å². The molecule has 0 amide bonds. The third-order valence-electron chi connectivity index (χ3n) is 4.60. The van der Waals surface area contributed by atoms with E-state index in [0.717, 1.165) is 22.0 Å². The van der Waals surface area contributed by atoms with Gasteiger partial charge in [0.1, 0.15) is 5.69 Å². The monoisotopic (exact) mass is 516 g/mol. The van der Waals surface area contributed by atoms with Gasteiger partial charge in [-0.05, 0) is 59.2 Å². The van der Waals surface area contributed by atoms with Crippen LogP contribution in [0.2, 0.25) is 0 Å². The van der Waals surface area contributed by atoms with Crippen LogP contribution in [-0.2, 0) is 6.54 Å². The Morgan fingerprint density at radius 1 is 1.33 bits per heavy atom. The summed E-state index contributed by atoms with van der Waals surface area (Å²) in [5.74, 6) is 0.191. The first-order valence-corrected chi connectivity index (χ1v) is 10.4.